The van der Waals surface area contributed by atoms with E-state index in [-0.39, 0.29) is 0 Å². The summed E-state index contributed by atoms with van der Waals surface area (Å²) in [6, 6.07) is 7.36. The molecule has 0 amide bonds. The minimum atomic E-state index is -5.82. The molecule has 2 nitrogen and oxygen atoms in total. The molecule has 0 heterocycles. The fraction of sp³-hybridized carbons (Fsp3) is 0.333. The van der Waals surface area contributed by atoms with Crippen molar-refractivity contribution in [3.05, 3.63) is 70.8 Å². The van der Waals surface area contributed by atoms with Crippen LogP contribution in [0.5, 0.6) is 0 Å². The lowest BCUT2D eigenvalue weighted by Crippen LogP contribution is -2.65. The van der Waals surface area contributed by atoms with Crippen molar-refractivity contribution in [3.63, 3.8) is 0 Å². The van der Waals surface area contributed by atoms with E-state index in [0.29, 0.717) is 35.4 Å². The summed E-state index contributed by atoms with van der Waals surface area (Å²) in [5.41, 5.74) is -10.5. The van der Waals surface area contributed by atoms with E-state index in [0.717, 1.165) is 24.3 Å². The van der Waals surface area contributed by atoms with Gasteiger partial charge in [-0.2, -0.15) is 26.3 Å². The Bertz CT molecular complexity index is 697. The number of halogens is 6. The second-order valence-corrected chi connectivity index (χ2v) is 6.15. The average molecular weight is 378 g/mol. The molecule has 26 heavy (non-hydrogen) atoms. The fourth-order valence-electron chi connectivity index (χ4n) is 2.74. The van der Waals surface area contributed by atoms with Gasteiger partial charge in [-0.25, -0.2) is 0 Å². The molecule has 0 unspecified atom stereocenters. The van der Waals surface area contributed by atoms with Crippen molar-refractivity contribution >= 4 is 0 Å². The smallest absolute Gasteiger partial charge is 0.374 e. The Morgan fingerprint density at radius 1 is 0.538 bits per heavy atom. The van der Waals surface area contributed by atoms with E-state index in [2.05, 4.69) is 0 Å². The summed E-state index contributed by atoms with van der Waals surface area (Å²) in [5.74, 6) is 0. The number of aliphatic hydroxyl groups is 2. The van der Waals surface area contributed by atoms with Crippen LogP contribution >= 0.6 is 0 Å². The van der Waals surface area contributed by atoms with E-state index < -0.39 is 34.7 Å². The van der Waals surface area contributed by atoms with E-state index in [1.807, 2.05) is 0 Å². The lowest BCUT2D eigenvalue weighted by molar-refractivity contribution is -0.399. The van der Waals surface area contributed by atoms with Gasteiger partial charge >= 0.3 is 12.4 Å². The predicted octanol–water partition coefficient (Wildman–Crippen LogP) is 4.50. The molecule has 2 atom stereocenters. The van der Waals surface area contributed by atoms with Crippen molar-refractivity contribution in [2.45, 2.75) is 37.4 Å². The van der Waals surface area contributed by atoms with Crippen LogP contribution < -0.4 is 0 Å². The van der Waals surface area contributed by atoms with Gasteiger partial charge in [0, 0.05) is 0 Å². The molecule has 142 valence electrons. The largest absolute Gasteiger partial charge is 0.425 e. The second-order valence-electron chi connectivity index (χ2n) is 6.15. The van der Waals surface area contributed by atoms with E-state index in [9.17, 15) is 36.6 Å². The second kappa shape index (κ2) is 6.28. The normalized spacial score (nSPS) is 17.5. The van der Waals surface area contributed by atoms with Crippen LogP contribution in [-0.2, 0) is 11.2 Å². The minimum absolute atomic E-state index is 0.476. The Hall–Kier alpha value is -2.06. The van der Waals surface area contributed by atoms with Gasteiger partial charge < -0.3 is 10.2 Å². The molecule has 0 aliphatic rings. The molecular formula is C18H16F6O2. The number of hydrogen-bond donors (Lipinski definition) is 2. The van der Waals surface area contributed by atoms with E-state index >= 15 is 0 Å². The summed E-state index contributed by atoms with van der Waals surface area (Å²) in [7, 11) is 0. The zero-order valence-electron chi connectivity index (χ0n) is 13.8. The van der Waals surface area contributed by atoms with Gasteiger partial charge in [0.1, 0.15) is 0 Å². The van der Waals surface area contributed by atoms with Crippen molar-refractivity contribution in [2.24, 2.45) is 0 Å². The zero-order chi connectivity index (χ0) is 20.0. The predicted molar refractivity (Wildman–Crippen MR) is 82.3 cm³/mol. The number of rotatable bonds is 3. The Labute approximate surface area is 145 Å². The van der Waals surface area contributed by atoms with E-state index in [4.69, 9.17) is 0 Å². The van der Waals surface area contributed by atoms with Crippen LogP contribution in [0.25, 0.3) is 0 Å². The van der Waals surface area contributed by atoms with Crippen LogP contribution in [0.4, 0.5) is 26.3 Å². The average Bonchev–Trinajstić information content (AvgIpc) is 2.52. The van der Waals surface area contributed by atoms with Crippen molar-refractivity contribution in [1.29, 1.82) is 0 Å². The minimum Gasteiger partial charge on any atom is -0.374 e. The van der Waals surface area contributed by atoms with Crippen molar-refractivity contribution in [2.75, 3.05) is 0 Å². The van der Waals surface area contributed by atoms with E-state index in [1.165, 1.54) is 13.8 Å². The monoisotopic (exact) mass is 378 g/mol. The Morgan fingerprint density at radius 2 is 0.769 bits per heavy atom. The van der Waals surface area contributed by atoms with Gasteiger partial charge in [0.25, 0.3) is 0 Å². The lowest BCUT2D eigenvalue weighted by atomic mass is 9.72. The first-order chi connectivity index (χ1) is 11.7. The van der Waals surface area contributed by atoms with Gasteiger partial charge in [0.05, 0.1) is 0 Å². The number of aryl methyl sites for hydroxylation is 2. The highest BCUT2D eigenvalue weighted by Gasteiger charge is 2.77. The van der Waals surface area contributed by atoms with Gasteiger partial charge in [0.15, 0.2) is 0 Å². The standard InChI is InChI=1S/C18H16F6O2/c1-11-3-7-13(8-4-11)15(25,17(19,20)21)16(26,18(22,23)24)14-9-5-12(2)6-10-14/h3-10,25-26H,1-2H3/t15-,16-/m0/s1. The van der Waals surface area contributed by atoms with Gasteiger partial charge in [-0.15, -0.1) is 0 Å². The van der Waals surface area contributed by atoms with Gasteiger partial charge in [-0.3, -0.25) is 0 Å². The molecule has 2 aromatic carbocycles. The number of benzene rings is 2. The first-order valence-corrected chi connectivity index (χ1v) is 7.47. The van der Waals surface area contributed by atoms with Crippen LogP contribution in [0.1, 0.15) is 22.3 Å². The summed E-state index contributed by atoms with van der Waals surface area (Å²) in [6.45, 7) is 3.04. The molecule has 2 rings (SSSR count). The highest BCUT2D eigenvalue weighted by atomic mass is 19.4. The SMILES string of the molecule is Cc1ccc([C@@](O)(C(F)(F)F)[C@@](O)(c2ccc(C)cc2)C(F)(F)F)cc1. The van der Waals surface area contributed by atoms with Crippen molar-refractivity contribution in [1.82, 2.24) is 0 Å². The molecule has 0 spiro atoms. The maximum Gasteiger partial charge on any atom is 0.425 e. The molecular weight excluding hydrogens is 362 g/mol. The molecule has 0 radical (unpaired) electrons. The molecule has 0 aliphatic carbocycles. The van der Waals surface area contributed by atoms with Crippen LogP contribution in [0, 0.1) is 13.8 Å². The van der Waals surface area contributed by atoms with Gasteiger partial charge in [0.2, 0.25) is 11.2 Å². The Kier molecular flexibility index (Phi) is 4.89. The molecule has 0 aromatic heterocycles. The highest BCUT2D eigenvalue weighted by Crippen LogP contribution is 2.57. The van der Waals surface area contributed by atoms with Crippen LogP contribution in [0.2, 0.25) is 0 Å². The molecule has 8 heteroatoms. The quantitative estimate of drug-likeness (QED) is 0.772. The van der Waals surface area contributed by atoms with Crippen molar-refractivity contribution in [3.8, 4) is 0 Å². The van der Waals surface area contributed by atoms with Crippen LogP contribution in [-0.4, -0.2) is 22.6 Å². The number of hydrogen-bond acceptors (Lipinski definition) is 2. The Balaban J connectivity index is 2.88. The molecule has 0 aliphatic heterocycles. The summed E-state index contributed by atoms with van der Waals surface area (Å²) >= 11 is 0. The topological polar surface area (TPSA) is 40.5 Å². The highest BCUT2D eigenvalue weighted by molar-refractivity contribution is 5.39. The van der Waals surface area contributed by atoms with Crippen LogP contribution in [0.3, 0.4) is 0 Å². The summed E-state index contributed by atoms with van der Waals surface area (Å²) in [6.07, 6.45) is -11.6. The molecule has 0 saturated heterocycles. The third kappa shape index (κ3) is 2.97. The molecule has 2 aromatic rings. The number of alkyl halides is 6. The summed E-state index contributed by atoms with van der Waals surface area (Å²) in [5, 5.41) is 20.8. The third-order valence-electron chi connectivity index (χ3n) is 4.28. The summed E-state index contributed by atoms with van der Waals surface area (Å²) in [4.78, 5) is 0. The molecule has 0 saturated carbocycles. The Morgan fingerprint density at radius 3 is 0.962 bits per heavy atom. The summed E-state index contributed by atoms with van der Waals surface area (Å²) < 4.78 is 82.6. The first-order valence-electron chi connectivity index (χ1n) is 7.47. The van der Waals surface area contributed by atoms with Crippen LogP contribution in [0.15, 0.2) is 48.5 Å². The fourth-order valence-corrected chi connectivity index (χ4v) is 2.74. The van der Waals surface area contributed by atoms with E-state index in [1.54, 1.807) is 0 Å². The molecule has 0 fully saturated rings. The molecule has 0 bridgehead atoms. The van der Waals surface area contributed by atoms with Gasteiger partial charge in [-0.1, -0.05) is 59.7 Å². The maximum absolute atomic E-state index is 13.8. The maximum atomic E-state index is 13.8. The zero-order valence-corrected chi connectivity index (χ0v) is 13.8. The molecule has 2 N–H and O–H groups in total. The third-order valence-corrected chi connectivity index (χ3v) is 4.28. The van der Waals surface area contributed by atoms with Gasteiger partial charge in [-0.05, 0) is 25.0 Å². The lowest BCUT2D eigenvalue weighted by Gasteiger charge is -2.45. The van der Waals surface area contributed by atoms with Crippen molar-refractivity contribution < 1.29 is 36.6 Å². The first kappa shape index (κ1) is 20.3.